The summed E-state index contributed by atoms with van der Waals surface area (Å²) in [5.74, 6) is 1.44. The van der Waals surface area contributed by atoms with Gasteiger partial charge < -0.3 is 4.74 Å². The fourth-order valence-corrected chi connectivity index (χ4v) is 2.12. The monoisotopic (exact) mass is 258 g/mol. The molecular weight excluding hydrogens is 236 g/mol. The molecule has 0 bridgehead atoms. The number of hydrogen-bond acceptors (Lipinski definition) is 2. The van der Waals surface area contributed by atoms with E-state index in [1.165, 1.54) is 5.56 Å². The molecule has 0 unspecified atom stereocenters. The van der Waals surface area contributed by atoms with Gasteiger partial charge in [-0.25, -0.2) is 0 Å². The van der Waals surface area contributed by atoms with Gasteiger partial charge in [0.2, 0.25) is 0 Å². The fraction of sp³-hybridized carbons (Fsp3) is 0.438. The molecule has 0 saturated heterocycles. The molecule has 0 radical (unpaired) electrons. The summed E-state index contributed by atoms with van der Waals surface area (Å²) in [5, 5.41) is 4.44. The second-order valence-corrected chi connectivity index (χ2v) is 5.09. The van der Waals surface area contributed by atoms with Crippen molar-refractivity contribution in [1.82, 2.24) is 9.78 Å². The average molecular weight is 258 g/mol. The number of aryl methyl sites for hydroxylation is 2. The Labute approximate surface area is 115 Å². The highest BCUT2D eigenvalue weighted by atomic mass is 16.5. The molecule has 0 amide bonds. The van der Waals surface area contributed by atoms with Gasteiger partial charge in [0, 0.05) is 7.05 Å². The Morgan fingerprint density at radius 1 is 1.26 bits per heavy atom. The Bertz CT molecular complexity index is 543. The molecule has 2 aromatic rings. The third-order valence-corrected chi connectivity index (χ3v) is 3.31. The lowest BCUT2D eigenvalue weighted by molar-refractivity contribution is 0.291. The lowest BCUT2D eigenvalue weighted by Gasteiger charge is -2.13. The number of hydrogen-bond donors (Lipinski definition) is 0. The molecule has 0 aliphatic heterocycles. The molecule has 0 spiro atoms. The Balaban J connectivity index is 2.12. The van der Waals surface area contributed by atoms with Gasteiger partial charge in [-0.2, -0.15) is 5.10 Å². The van der Waals surface area contributed by atoms with Crippen LogP contribution in [0.2, 0.25) is 0 Å². The van der Waals surface area contributed by atoms with Crippen LogP contribution in [-0.4, -0.2) is 9.78 Å². The number of ether oxygens (including phenoxy) is 1. The van der Waals surface area contributed by atoms with Crippen LogP contribution in [0.3, 0.4) is 0 Å². The largest absolute Gasteiger partial charge is 0.487 e. The second-order valence-electron chi connectivity index (χ2n) is 5.09. The lowest BCUT2D eigenvalue weighted by Crippen LogP contribution is -2.04. The Morgan fingerprint density at radius 2 is 2.00 bits per heavy atom. The highest BCUT2D eigenvalue weighted by Crippen LogP contribution is 2.26. The Kier molecular flexibility index (Phi) is 4.25. The van der Waals surface area contributed by atoms with E-state index >= 15 is 0 Å². The van der Waals surface area contributed by atoms with E-state index in [1.807, 2.05) is 23.9 Å². The smallest absolute Gasteiger partial charge is 0.130 e. The summed E-state index contributed by atoms with van der Waals surface area (Å²) in [6.45, 7) is 7.04. The molecule has 1 aromatic carbocycles. The van der Waals surface area contributed by atoms with Gasteiger partial charge in [0.05, 0.1) is 11.4 Å². The van der Waals surface area contributed by atoms with Crippen LogP contribution in [0.25, 0.3) is 0 Å². The first kappa shape index (κ1) is 13.7. The molecular formula is C16H22N2O. The minimum Gasteiger partial charge on any atom is -0.487 e. The Hall–Kier alpha value is -1.77. The number of benzene rings is 1. The highest BCUT2D eigenvalue weighted by Gasteiger charge is 2.09. The number of para-hydroxylation sites is 1. The highest BCUT2D eigenvalue weighted by molar-refractivity contribution is 5.35. The van der Waals surface area contributed by atoms with Crippen LogP contribution in [0.15, 0.2) is 30.3 Å². The van der Waals surface area contributed by atoms with Gasteiger partial charge in [0.1, 0.15) is 12.4 Å². The standard InChI is InChI=1S/C16H22N2O/c1-5-13-10-14(18(4)17-13)11-19-16-9-7-6-8-15(16)12(2)3/h6-10,12H,5,11H2,1-4H3. The summed E-state index contributed by atoms with van der Waals surface area (Å²) in [6.07, 6.45) is 0.955. The molecule has 1 heterocycles. The number of aromatic nitrogens is 2. The van der Waals surface area contributed by atoms with Crippen molar-refractivity contribution in [2.24, 2.45) is 7.05 Å². The number of rotatable bonds is 5. The van der Waals surface area contributed by atoms with Gasteiger partial charge in [-0.05, 0) is 30.0 Å². The predicted octanol–water partition coefficient (Wildman–Crippen LogP) is 3.68. The van der Waals surface area contributed by atoms with Gasteiger partial charge in [0.25, 0.3) is 0 Å². The molecule has 0 saturated carbocycles. The van der Waals surface area contributed by atoms with Crippen LogP contribution in [-0.2, 0) is 20.1 Å². The van der Waals surface area contributed by atoms with Crippen molar-refractivity contribution >= 4 is 0 Å². The Morgan fingerprint density at radius 3 is 2.63 bits per heavy atom. The van der Waals surface area contributed by atoms with Gasteiger partial charge in [0.15, 0.2) is 0 Å². The summed E-state index contributed by atoms with van der Waals surface area (Å²) in [5.41, 5.74) is 3.47. The van der Waals surface area contributed by atoms with Gasteiger partial charge in [-0.15, -0.1) is 0 Å². The van der Waals surface area contributed by atoms with Crippen molar-refractivity contribution in [2.45, 2.75) is 39.7 Å². The van der Waals surface area contributed by atoms with E-state index in [1.54, 1.807) is 0 Å². The van der Waals surface area contributed by atoms with E-state index in [0.29, 0.717) is 12.5 Å². The van der Waals surface area contributed by atoms with Crippen LogP contribution in [0, 0.1) is 0 Å². The van der Waals surface area contributed by atoms with Crippen molar-refractivity contribution < 1.29 is 4.74 Å². The maximum atomic E-state index is 5.96. The van der Waals surface area contributed by atoms with Crippen molar-refractivity contribution in [3.05, 3.63) is 47.3 Å². The topological polar surface area (TPSA) is 27.1 Å². The van der Waals surface area contributed by atoms with Crippen molar-refractivity contribution in [3.63, 3.8) is 0 Å². The van der Waals surface area contributed by atoms with Crippen LogP contribution in [0.4, 0.5) is 0 Å². The van der Waals surface area contributed by atoms with Gasteiger partial charge in [-0.1, -0.05) is 39.0 Å². The normalized spacial score (nSPS) is 11.0. The SMILES string of the molecule is CCc1cc(COc2ccccc2C(C)C)n(C)n1. The summed E-state index contributed by atoms with van der Waals surface area (Å²) >= 11 is 0. The minimum atomic E-state index is 0.467. The molecule has 1 aromatic heterocycles. The zero-order valence-electron chi connectivity index (χ0n) is 12.2. The summed E-state index contributed by atoms with van der Waals surface area (Å²) < 4.78 is 7.86. The molecule has 0 aliphatic carbocycles. The summed E-state index contributed by atoms with van der Waals surface area (Å²) in [6, 6.07) is 10.3. The maximum absolute atomic E-state index is 5.96. The van der Waals surface area contributed by atoms with E-state index in [0.717, 1.165) is 23.6 Å². The minimum absolute atomic E-state index is 0.467. The molecule has 0 aliphatic rings. The summed E-state index contributed by atoms with van der Waals surface area (Å²) in [7, 11) is 1.96. The van der Waals surface area contributed by atoms with Crippen LogP contribution >= 0.6 is 0 Å². The van der Waals surface area contributed by atoms with E-state index in [2.05, 4.69) is 44.1 Å². The van der Waals surface area contributed by atoms with E-state index in [4.69, 9.17) is 4.74 Å². The van der Waals surface area contributed by atoms with Crippen LogP contribution in [0.1, 0.15) is 43.6 Å². The van der Waals surface area contributed by atoms with Gasteiger partial charge in [-0.3, -0.25) is 4.68 Å². The molecule has 3 heteroatoms. The fourth-order valence-electron chi connectivity index (χ4n) is 2.12. The molecule has 0 N–H and O–H groups in total. The first-order valence-electron chi connectivity index (χ1n) is 6.85. The first-order chi connectivity index (χ1) is 9.11. The average Bonchev–Trinajstić information content (AvgIpc) is 2.77. The van der Waals surface area contributed by atoms with Crippen LogP contribution < -0.4 is 4.74 Å². The molecule has 102 valence electrons. The summed E-state index contributed by atoms with van der Waals surface area (Å²) in [4.78, 5) is 0. The lowest BCUT2D eigenvalue weighted by atomic mass is 10.0. The van der Waals surface area contributed by atoms with E-state index < -0.39 is 0 Å². The molecule has 0 fully saturated rings. The zero-order chi connectivity index (χ0) is 13.8. The third-order valence-electron chi connectivity index (χ3n) is 3.31. The second kappa shape index (κ2) is 5.91. The zero-order valence-corrected chi connectivity index (χ0v) is 12.2. The third kappa shape index (κ3) is 3.16. The predicted molar refractivity (Wildman–Crippen MR) is 77.4 cm³/mol. The quantitative estimate of drug-likeness (QED) is 0.818. The van der Waals surface area contributed by atoms with Crippen LogP contribution in [0.5, 0.6) is 5.75 Å². The maximum Gasteiger partial charge on any atom is 0.130 e. The first-order valence-corrected chi connectivity index (χ1v) is 6.85. The van der Waals surface area contributed by atoms with Crippen molar-refractivity contribution in [2.75, 3.05) is 0 Å². The van der Waals surface area contributed by atoms with E-state index in [-0.39, 0.29) is 0 Å². The molecule has 0 atom stereocenters. The van der Waals surface area contributed by atoms with Gasteiger partial charge >= 0.3 is 0 Å². The molecule has 2 rings (SSSR count). The van der Waals surface area contributed by atoms with E-state index in [9.17, 15) is 0 Å². The molecule has 3 nitrogen and oxygen atoms in total. The number of nitrogens with zero attached hydrogens (tertiary/aromatic N) is 2. The van der Waals surface area contributed by atoms with Crippen molar-refractivity contribution in [1.29, 1.82) is 0 Å². The van der Waals surface area contributed by atoms with Crippen molar-refractivity contribution in [3.8, 4) is 5.75 Å². The molecule has 19 heavy (non-hydrogen) atoms.